The third kappa shape index (κ3) is 5.49. The molecule has 0 spiro atoms. The van der Waals surface area contributed by atoms with Gasteiger partial charge < -0.3 is 15.5 Å². The van der Waals surface area contributed by atoms with E-state index >= 15 is 0 Å². The van der Waals surface area contributed by atoms with Gasteiger partial charge in [-0.2, -0.15) is 0 Å². The normalized spacial score (nSPS) is 10.6. The minimum absolute atomic E-state index is 0.202. The maximum Gasteiger partial charge on any atom is 0.319 e. The highest BCUT2D eigenvalue weighted by Gasteiger charge is 2.04. The van der Waals surface area contributed by atoms with E-state index < -0.39 is 0 Å². The molecule has 5 heteroatoms. The molecule has 2 N–H and O–H groups in total. The summed E-state index contributed by atoms with van der Waals surface area (Å²) in [4.78, 5) is 13.9. The predicted octanol–water partition coefficient (Wildman–Crippen LogP) is 3.11. The maximum absolute atomic E-state index is 11.7. The van der Waals surface area contributed by atoms with Crippen LogP contribution < -0.4 is 10.6 Å². The number of amides is 2. The zero-order chi connectivity index (χ0) is 14.3. The standard InChI is InChI=1S/C14H22ClN3O/c1-4-18(5-2)9-8-16-14(19)17-12-7-6-11(3)13(15)10-12/h6-7,10H,4-5,8-9H2,1-3H3,(H2,16,17,19). The molecule has 1 aromatic carbocycles. The number of carbonyl (C=O) groups is 1. The van der Waals surface area contributed by atoms with Gasteiger partial charge in [0.15, 0.2) is 0 Å². The SMILES string of the molecule is CCN(CC)CCNC(=O)Nc1ccc(C)c(Cl)c1. The van der Waals surface area contributed by atoms with E-state index in [2.05, 4.69) is 29.4 Å². The first-order valence-corrected chi connectivity index (χ1v) is 6.98. The monoisotopic (exact) mass is 283 g/mol. The predicted molar refractivity (Wildman–Crippen MR) is 81.0 cm³/mol. The largest absolute Gasteiger partial charge is 0.337 e. The number of nitrogens with one attached hydrogen (secondary N) is 2. The average Bonchev–Trinajstić information content (AvgIpc) is 2.39. The van der Waals surface area contributed by atoms with Crippen molar-refractivity contribution in [3.8, 4) is 0 Å². The molecule has 4 nitrogen and oxygen atoms in total. The minimum Gasteiger partial charge on any atom is -0.337 e. The van der Waals surface area contributed by atoms with Crippen LogP contribution in [-0.4, -0.2) is 37.1 Å². The molecule has 0 aliphatic rings. The van der Waals surface area contributed by atoms with Gasteiger partial charge in [0.1, 0.15) is 0 Å². The second-order valence-corrected chi connectivity index (χ2v) is 4.78. The molecule has 1 rings (SSSR count). The molecule has 0 saturated carbocycles. The summed E-state index contributed by atoms with van der Waals surface area (Å²) < 4.78 is 0. The van der Waals surface area contributed by atoms with Crippen molar-refractivity contribution >= 4 is 23.3 Å². The molecule has 0 unspecified atom stereocenters. The van der Waals surface area contributed by atoms with Crippen molar-refractivity contribution in [3.63, 3.8) is 0 Å². The Hall–Kier alpha value is -1.26. The maximum atomic E-state index is 11.7. The number of anilines is 1. The summed E-state index contributed by atoms with van der Waals surface area (Å²) in [5.41, 5.74) is 1.70. The number of urea groups is 1. The Bertz CT molecular complexity index is 419. The van der Waals surface area contributed by atoms with Gasteiger partial charge >= 0.3 is 6.03 Å². The van der Waals surface area contributed by atoms with Gasteiger partial charge in [-0.3, -0.25) is 0 Å². The molecule has 0 radical (unpaired) electrons. The molecule has 0 saturated heterocycles. The molecular formula is C14H22ClN3O. The minimum atomic E-state index is -0.202. The average molecular weight is 284 g/mol. The molecule has 0 aliphatic carbocycles. The Morgan fingerprint density at radius 3 is 2.58 bits per heavy atom. The number of rotatable bonds is 6. The van der Waals surface area contributed by atoms with Crippen molar-refractivity contribution in [2.45, 2.75) is 20.8 Å². The molecule has 0 fully saturated rings. The van der Waals surface area contributed by atoms with Crippen LogP contribution in [0.2, 0.25) is 5.02 Å². The van der Waals surface area contributed by atoms with Gasteiger partial charge in [-0.1, -0.05) is 31.5 Å². The van der Waals surface area contributed by atoms with Crippen molar-refractivity contribution < 1.29 is 4.79 Å². The van der Waals surface area contributed by atoms with E-state index in [0.29, 0.717) is 17.3 Å². The van der Waals surface area contributed by atoms with Gasteiger partial charge in [0.05, 0.1) is 0 Å². The number of likely N-dealkylation sites (N-methyl/N-ethyl adjacent to an activating group) is 1. The molecule has 19 heavy (non-hydrogen) atoms. The highest BCUT2D eigenvalue weighted by Crippen LogP contribution is 2.19. The van der Waals surface area contributed by atoms with Crippen LogP contribution in [0.4, 0.5) is 10.5 Å². The van der Waals surface area contributed by atoms with E-state index in [4.69, 9.17) is 11.6 Å². The van der Waals surface area contributed by atoms with E-state index in [-0.39, 0.29) is 6.03 Å². The molecule has 0 bridgehead atoms. The van der Waals surface area contributed by atoms with Gasteiger partial charge in [-0.15, -0.1) is 0 Å². The highest BCUT2D eigenvalue weighted by molar-refractivity contribution is 6.31. The van der Waals surface area contributed by atoms with E-state index in [1.54, 1.807) is 6.07 Å². The van der Waals surface area contributed by atoms with Crippen molar-refractivity contribution in [1.82, 2.24) is 10.2 Å². The first-order chi connectivity index (χ1) is 9.06. The molecule has 106 valence electrons. The molecule has 1 aromatic rings. The quantitative estimate of drug-likeness (QED) is 0.842. The number of hydrogen-bond donors (Lipinski definition) is 2. The summed E-state index contributed by atoms with van der Waals surface area (Å²) in [5, 5.41) is 6.25. The fraction of sp³-hybridized carbons (Fsp3) is 0.500. The van der Waals surface area contributed by atoms with Crippen molar-refractivity contribution in [3.05, 3.63) is 28.8 Å². The van der Waals surface area contributed by atoms with Gasteiger partial charge in [-0.25, -0.2) is 4.79 Å². The number of hydrogen-bond acceptors (Lipinski definition) is 2. The Morgan fingerprint density at radius 2 is 2.00 bits per heavy atom. The zero-order valence-electron chi connectivity index (χ0n) is 11.8. The molecule has 0 atom stereocenters. The fourth-order valence-electron chi connectivity index (χ4n) is 1.71. The van der Waals surface area contributed by atoms with Crippen molar-refractivity contribution in [2.24, 2.45) is 0 Å². The number of aryl methyl sites for hydroxylation is 1. The lowest BCUT2D eigenvalue weighted by molar-refractivity contribution is 0.248. The zero-order valence-corrected chi connectivity index (χ0v) is 12.5. The summed E-state index contributed by atoms with van der Waals surface area (Å²) >= 11 is 6.00. The van der Waals surface area contributed by atoms with Gasteiger partial charge in [-0.05, 0) is 37.7 Å². The molecule has 0 aliphatic heterocycles. The Kier molecular flexibility index (Phi) is 6.67. The van der Waals surface area contributed by atoms with Gasteiger partial charge in [0.25, 0.3) is 0 Å². The number of carbonyl (C=O) groups excluding carboxylic acids is 1. The van der Waals surface area contributed by atoms with Crippen molar-refractivity contribution in [2.75, 3.05) is 31.5 Å². The Morgan fingerprint density at radius 1 is 1.32 bits per heavy atom. The second kappa shape index (κ2) is 8.02. The highest BCUT2D eigenvalue weighted by atomic mass is 35.5. The molecule has 2 amide bonds. The van der Waals surface area contributed by atoms with Crippen LogP contribution in [0.15, 0.2) is 18.2 Å². The van der Waals surface area contributed by atoms with Crippen LogP contribution in [-0.2, 0) is 0 Å². The summed E-state index contributed by atoms with van der Waals surface area (Å²) in [5.74, 6) is 0. The molecule has 0 aromatic heterocycles. The smallest absolute Gasteiger partial charge is 0.319 e. The van der Waals surface area contributed by atoms with Gasteiger partial charge in [0, 0.05) is 23.8 Å². The summed E-state index contributed by atoms with van der Waals surface area (Å²) in [6, 6.07) is 5.27. The van der Waals surface area contributed by atoms with Crippen LogP contribution in [0.3, 0.4) is 0 Å². The van der Waals surface area contributed by atoms with E-state index in [0.717, 1.165) is 25.2 Å². The number of nitrogens with zero attached hydrogens (tertiary/aromatic N) is 1. The lowest BCUT2D eigenvalue weighted by Gasteiger charge is -2.18. The molecule has 0 heterocycles. The number of benzene rings is 1. The number of halogens is 1. The van der Waals surface area contributed by atoms with Crippen LogP contribution in [0.1, 0.15) is 19.4 Å². The summed E-state index contributed by atoms with van der Waals surface area (Å²) in [7, 11) is 0. The third-order valence-corrected chi connectivity index (χ3v) is 3.44. The van der Waals surface area contributed by atoms with Crippen LogP contribution in [0.25, 0.3) is 0 Å². The third-order valence-electron chi connectivity index (χ3n) is 3.04. The van der Waals surface area contributed by atoms with E-state index in [1.807, 2.05) is 19.1 Å². The fourth-order valence-corrected chi connectivity index (χ4v) is 1.89. The molecular weight excluding hydrogens is 262 g/mol. The lowest BCUT2D eigenvalue weighted by Crippen LogP contribution is -2.36. The van der Waals surface area contributed by atoms with E-state index in [9.17, 15) is 4.79 Å². The lowest BCUT2D eigenvalue weighted by atomic mass is 10.2. The van der Waals surface area contributed by atoms with Crippen LogP contribution in [0, 0.1) is 6.92 Å². The Labute approximate surface area is 120 Å². The topological polar surface area (TPSA) is 44.4 Å². The first-order valence-electron chi connectivity index (χ1n) is 6.60. The van der Waals surface area contributed by atoms with Crippen molar-refractivity contribution in [1.29, 1.82) is 0 Å². The van der Waals surface area contributed by atoms with Crippen LogP contribution in [0.5, 0.6) is 0 Å². The van der Waals surface area contributed by atoms with Crippen LogP contribution >= 0.6 is 11.6 Å². The van der Waals surface area contributed by atoms with Gasteiger partial charge in [0.2, 0.25) is 0 Å². The summed E-state index contributed by atoms with van der Waals surface area (Å²) in [6.07, 6.45) is 0. The van der Waals surface area contributed by atoms with E-state index in [1.165, 1.54) is 0 Å². The first kappa shape index (κ1) is 15.8. The Balaban J connectivity index is 2.36. The second-order valence-electron chi connectivity index (χ2n) is 4.37. The summed E-state index contributed by atoms with van der Waals surface area (Å²) in [6.45, 7) is 9.62.